The van der Waals surface area contributed by atoms with Crippen molar-refractivity contribution < 1.29 is 13.2 Å². The van der Waals surface area contributed by atoms with Crippen LogP contribution in [0.1, 0.15) is 6.92 Å². The second-order valence-electron chi connectivity index (χ2n) is 3.20. The van der Waals surface area contributed by atoms with E-state index in [1.807, 2.05) is 6.92 Å². The number of rotatable bonds is 6. The van der Waals surface area contributed by atoms with Crippen LogP contribution >= 0.6 is 12.2 Å². The number of benzene rings is 1. The average Bonchev–Trinajstić information content (AvgIpc) is 2.28. The van der Waals surface area contributed by atoms with Crippen LogP contribution in [0, 0.1) is 0 Å². The van der Waals surface area contributed by atoms with E-state index in [0.717, 1.165) is 0 Å². The van der Waals surface area contributed by atoms with Crippen LogP contribution in [-0.4, -0.2) is 26.6 Å². The number of nitrogens with two attached hydrogens (primary N) is 1. The molecule has 0 heterocycles. The van der Waals surface area contributed by atoms with Crippen LogP contribution in [0.5, 0.6) is 5.75 Å². The highest BCUT2D eigenvalue weighted by molar-refractivity contribution is 7.89. The molecule has 17 heavy (non-hydrogen) atoms. The Labute approximate surface area is 106 Å². The largest absolute Gasteiger partial charge is 0.494 e. The summed E-state index contributed by atoms with van der Waals surface area (Å²) in [4.78, 5) is 0.247. The first kappa shape index (κ1) is 13.9. The summed E-state index contributed by atoms with van der Waals surface area (Å²) >= 11 is 4.60. The van der Waals surface area contributed by atoms with Gasteiger partial charge in [-0.3, -0.25) is 0 Å². The van der Waals surface area contributed by atoms with Gasteiger partial charge in [0, 0.05) is 0 Å². The number of hydrogen-bond acceptors (Lipinski definition) is 4. The molecular weight excluding hydrogens is 260 g/mol. The van der Waals surface area contributed by atoms with Crippen LogP contribution in [0.15, 0.2) is 29.2 Å². The lowest BCUT2D eigenvalue weighted by Crippen LogP contribution is -2.32. The lowest BCUT2D eigenvalue weighted by atomic mass is 10.3. The summed E-state index contributed by atoms with van der Waals surface area (Å²) in [5.74, 6) is 0.626. The normalized spacial score (nSPS) is 11.1. The number of sulfonamides is 1. The van der Waals surface area contributed by atoms with Gasteiger partial charge >= 0.3 is 0 Å². The van der Waals surface area contributed by atoms with Crippen molar-refractivity contribution in [2.24, 2.45) is 5.73 Å². The Morgan fingerprint density at radius 3 is 2.47 bits per heavy atom. The summed E-state index contributed by atoms with van der Waals surface area (Å²) in [6.07, 6.45) is 0. The van der Waals surface area contributed by atoms with Crippen molar-refractivity contribution in [2.75, 3.05) is 13.2 Å². The van der Waals surface area contributed by atoms with E-state index < -0.39 is 10.0 Å². The SMILES string of the molecule is CCOc1ccc(S(=O)(=O)NCC(N)=S)cc1. The molecule has 0 aliphatic carbocycles. The minimum Gasteiger partial charge on any atom is -0.494 e. The van der Waals surface area contributed by atoms with Crippen LogP contribution in [0.2, 0.25) is 0 Å². The highest BCUT2D eigenvalue weighted by atomic mass is 32.2. The molecule has 0 bridgehead atoms. The molecule has 0 fully saturated rings. The first-order chi connectivity index (χ1) is 7.95. The van der Waals surface area contributed by atoms with Crippen molar-refractivity contribution >= 4 is 27.2 Å². The minimum absolute atomic E-state index is 0.0507. The molecule has 1 rings (SSSR count). The molecule has 0 aliphatic rings. The molecular formula is C10H14N2O3S2. The Morgan fingerprint density at radius 2 is 2.00 bits per heavy atom. The van der Waals surface area contributed by atoms with Crippen molar-refractivity contribution in [1.29, 1.82) is 0 Å². The van der Waals surface area contributed by atoms with E-state index in [9.17, 15) is 8.42 Å². The Kier molecular flexibility index (Phi) is 4.86. The average molecular weight is 274 g/mol. The van der Waals surface area contributed by atoms with E-state index in [4.69, 9.17) is 10.5 Å². The van der Waals surface area contributed by atoms with Gasteiger partial charge in [-0.15, -0.1) is 0 Å². The van der Waals surface area contributed by atoms with Gasteiger partial charge in [0.2, 0.25) is 10.0 Å². The molecule has 1 aromatic carbocycles. The molecule has 0 aromatic heterocycles. The van der Waals surface area contributed by atoms with E-state index in [-0.39, 0.29) is 16.4 Å². The van der Waals surface area contributed by atoms with Gasteiger partial charge in [0.1, 0.15) is 5.75 Å². The summed E-state index contributed by atoms with van der Waals surface area (Å²) in [5, 5.41) is 0. The molecule has 0 unspecified atom stereocenters. The van der Waals surface area contributed by atoms with Crippen LogP contribution in [0.4, 0.5) is 0 Å². The first-order valence-electron chi connectivity index (χ1n) is 4.96. The maximum Gasteiger partial charge on any atom is 0.240 e. The lowest BCUT2D eigenvalue weighted by Gasteiger charge is -2.07. The zero-order valence-electron chi connectivity index (χ0n) is 9.34. The zero-order valence-corrected chi connectivity index (χ0v) is 11.0. The van der Waals surface area contributed by atoms with E-state index in [1.165, 1.54) is 12.1 Å². The zero-order chi connectivity index (χ0) is 12.9. The monoisotopic (exact) mass is 274 g/mol. The fraction of sp³-hybridized carbons (Fsp3) is 0.300. The summed E-state index contributed by atoms with van der Waals surface area (Å²) in [6, 6.07) is 6.12. The second kappa shape index (κ2) is 5.95. The van der Waals surface area contributed by atoms with Crippen molar-refractivity contribution in [3.05, 3.63) is 24.3 Å². The Hall–Kier alpha value is -1.18. The molecule has 3 N–H and O–H groups in total. The van der Waals surface area contributed by atoms with Gasteiger partial charge in [-0.05, 0) is 31.2 Å². The number of nitrogens with one attached hydrogen (secondary N) is 1. The fourth-order valence-electron chi connectivity index (χ4n) is 1.13. The third-order valence-corrected chi connectivity index (χ3v) is 3.44. The molecule has 94 valence electrons. The molecule has 0 spiro atoms. The number of hydrogen-bond donors (Lipinski definition) is 2. The van der Waals surface area contributed by atoms with Crippen LogP contribution in [0.3, 0.4) is 0 Å². The van der Waals surface area contributed by atoms with Gasteiger partial charge in [0.25, 0.3) is 0 Å². The molecule has 0 aliphatic heterocycles. The highest BCUT2D eigenvalue weighted by Crippen LogP contribution is 2.15. The first-order valence-corrected chi connectivity index (χ1v) is 6.85. The highest BCUT2D eigenvalue weighted by Gasteiger charge is 2.13. The summed E-state index contributed by atoms with van der Waals surface area (Å²) in [5.41, 5.74) is 5.23. The molecule has 5 nitrogen and oxygen atoms in total. The fourth-order valence-corrected chi connectivity index (χ4v) is 2.30. The van der Waals surface area contributed by atoms with Gasteiger partial charge in [0.15, 0.2) is 0 Å². The van der Waals surface area contributed by atoms with Crippen LogP contribution < -0.4 is 15.2 Å². The van der Waals surface area contributed by atoms with Gasteiger partial charge in [-0.1, -0.05) is 12.2 Å². The summed E-state index contributed by atoms with van der Waals surface area (Å²) in [6.45, 7) is 2.34. The van der Waals surface area contributed by atoms with Crippen molar-refractivity contribution in [1.82, 2.24) is 4.72 Å². The van der Waals surface area contributed by atoms with Gasteiger partial charge in [0.05, 0.1) is 23.0 Å². The van der Waals surface area contributed by atoms with Crippen molar-refractivity contribution in [3.63, 3.8) is 0 Å². The quantitative estimate of drug-likeness (QED) is 0.744. The van der Waals surface area contributed by atoms with E-state index in [1.54, 1.807) is 12.1 Å². The maximum atomic E-state index is 11.7. The molecule has 7 heteroatoms. The molecule has 1 aromatic rings. The number of thiocarbonyl (C=S) groups is 1. The van der Waals surface area contributed by atoms with Crippen molar-refractivity contribution in [2.45, 2.75) is 11.8 Å². The summed E-state index contributed by atoms with van der Waals surface area (Å²) < 4.78 is 31.0. The van der Waals surface area contributed by atoms with Crippen molar-refractivity contribution in [3.8, 4) is 5.75 Å². The lowest BCUT2D eigenvalue weighted by molar-refractivity contribution is 0.340. The Bertz CT molecular complexity index is 483. The van der Waals surface area contributed by atoms with Crippen LogP contribution in [-0.2, 0) is 10.0 Å². The third kappa shape index (κ3) is 4.29. The second-order valence-corrected chi connectivity index (χ2v) is 5.49. The Balaban J connectivity index is 2.81. The van der Waals surface area contributed by atoms with Gasteiger partial charge in [-0.25, -0.2) is 13.1 Å². The molecule has 0 saturated carbocycles. The van der Waals surface area contributed by atoms with E-state index in [0.29, 0.717) is 12.4 Å². The Morgan fingerprint density at radius 1 is 1.41 bits per heavy atom. The minimum atomic E-state index is -3.56. The maximum absolute atomic E-state index is 11.7. The third-order valence-electron chi connectivity index (χ3n) is 1.88. The molecule has 0 atom stereocenters. The molecule has 0 radical (unpaired) electrons. The van der Waals surface area contributed by atoms with Gasteiger partial charge < -0.3 is 10.5 Å². The predicted molar refractivity (Wildman–Crippen MR) is 69.6 cm³/mol. The van der Waals surface area contributed by atoms with Crippen LogP contribution in [0.25, 0.3) is 0 Å². The number of ether oxygens (including phenoxy) is 1. The topological polar surface area (TPSA) is 81.4 Å². The predicted octanol–water partition coefficient (Wildman–Crippen LogP) is 0.650. The molecule has 0 saturated heterocycles. The van der Waals surface area contributed by atoms with E-state index >= 15 is 0 Å². The molecule has 0 amide bonds. The standard InChI is InChI=1S/C10H14N2O3S2/c1-2-15-8-3-5-9(6-4-8)17(13,14)12-7-10(11)16/h3-6,12H,2,7H2,1H3,(H2,11,16). The smallest absolute Gasteiger partial charge is 0.240 e. The van der Waals surface area contributed by atoms with E-state index in [2.05, 4.69) is 16.9 Å². The summed E-state index contributed by atoms with van der Waals surface area (Å²) in [7, 11) is -3.56. The van der Waals surface area contributed by atoms with Gasteiger partial charge in [-0.2, -0.15) is 0 Å².